The molecule has 1 atom stereocenters. The van der Waals surface area contributed by atoms with Gasteiger partial charge in [-0.1, -0.05) is 69.3 Å². The van der Waals surface area contributed by atoms with Crippen LogP contribution in [0.3, 0.4) is 0 Å². The smallest absolute Gasteiger partial charge is 0.0681 e. The highest BCUT2D eigenvalue weighted by Gasteiger charge is 2.08. The Morgan fingerprint density at radius 3 is 2.00 bits per heavy atom. The Morgan fingerprint density at radius 2 is 1.43 bits per heavy atom. The molecule has 1 heteroatoms. The molecular formula is C20H26O. The Bertz CT molecular complexity index is 554. The van der Waals surface area contributed by atoms with E-state index in [2.05, 4.69) is 57.2 Å². The van der Waals surface area contributed by atoms with Gasteiger partial charge in [0.1, 0.15) is 0 Å². The van der Waals surface area contributed by atoms with E-state index in [-0.39, 0.29) is 6.61 Å². The van der Waals surface area contributed by atoms with Gasteiger partial charge in [-0.25, -0.2) is 0 Å². The molecule has 0 bridgehead atoms. The minimum Gasteiger partial charge on any atom is -0.392 e. The quantitative estimate of drug-likeness (QED) is 0.812. The molecule has 1 N–H and O–H groups in total. The minimum absolute atomic E-state index is 0.116. The van der Waals surface area contributed by atoms with Crippen LogP contribution in [0.2, 0.25) is 0 Å². The van der Waals surface area contributed by atoms with Crippen molar-refractivity contribution in [1.29, 1.82) is 0 Å². The van der Waals surface area contributed by atoms with E-state index in [1.54, 1.807) is 0 Å². The summed E-state index contributed by atoms with van der Waals surface area (Å²) in [5.74, 6) is 1.17. The third kappa shape index (κ3) is 4.71. The summed E-state index contributed by atoms with van der Waals surface area (Å²) in [7, 11) is 0. The Hall–Kier alpha value is -1.60. The average molecular weight is 282 g/mol. The zero-order valence-corrected chi connectivity index (χ0v) is 13.3. The number of benzene rings is 2. The Kier molecular flexibility index (Phi) is 5.58. The predicted octanol–water partition coefficient (Wildman–Crippen LogP) is 4.72. The van der Waals surface area contributed by atoms with Crippen LogP contribution in [0.5, 0.6) is 0 Å². The van der Waals surface area contributed by atoms with E-state index in [9.17, 15) is 5.11 Å². The summed E-state index contributed by atoms with van der Waals surface area (Å²) in [6.45, 7) is 6.87. The van der Waals surface area contributed by atoms with Crippen LogP contribution >= 0.6 is 0 Å². The van der Waals surface area contributed by atoms with Crippen LogP contribution in [-0.2, 0) is 19.4 Å². The van der Waals surface area contributed by atoms with Crippen LogP contribution in [0.15, 0.2) is 48.5 Å². The average Bonchev–Trinajstić information content (AvgIpc) is 2.49. The second-order valence-corrected chi connectivity index (χ2v) is 6.42. The molecule has 1 nitrogen and oxygen atoms in total. The summed E-state index contributed by atoms with van der Waals surface area (Å²) >= 11 is 0. The molecule has 0 aliphatic carbocycles. The molecule has 0 spiro atoms. The second kappa shape index (κ2) is 7.42. The lowest BCUT2D eigenvalue weighted by Crippen LogP contribution is -2.00. The van der Waals surface area contributed by atoms with Crippen molar-refractivity contribution in [3.63, 3.8) is 0 Å². The van der Waals surface area contributed by atoms with Gasteiger partial charge < -0.3 is 5.11 Å². The first kappa shape index (κ1) is 15.8. The Labute approximate surface area is 128 Å². The highest BCUT2D eigenvalue weighted by atomic mass is 16.3. The van der Waals surface area contributed by atoms with Gasteiger partial charge in [0.15, 0.2) is 0 Å². The molecule has 0 aliphatic rings. The molecule has 0 radical (unpaired) electrons. The highest BCUT2D eigenvalue weighted by Crippen LogP contribution is 2.22. The molecule has 0 saturated carbocycles. The largest absolute Gasteiger partial charge is 0.392 e. The van der Waals surface area contributed by atoms with Gasteiger partial charge in [0.25, 0.3) is 0 Å². The van der Waals surface area contributed by atoms with Gasteiger partial charge in [0, 0.05) is 0 Å². The Morgan fingerprint density at radius 1 is 0.810 bits per heavy atom. The fourth-order valence-corrected chi connectivity index (χ4v) is 2.75. The topological polar surface area (TPSA) is 20.2 Å². The summed E-state index contributed by atoms with van der Waals surface area (Å²) in [6, 6.07) is 17.3. The van der Waals surface area contributed by atoms with E-state index < -0.39 is 0 Å². The summed E-state index contributed by atoms with van der Waals surface area (Å²) in [6.07, 6.45) is 2.19. The number of aliphatic hydroxyl groups is 1. The first-order valence-corrected chi connectivity index (χ1v) is 7.86. The monoisotopic (exact) mass is 282 g/mol. The van der Waals surface area contributed by atoms with Crippen molar-refractivity contribution in [2.75, 3.05) is 0 Å². The van der Waals surface area contributed by atoms with Crippen molar-refractivity contribution in [3.8, 4) is 0 Å². The van der Waals surface area contributed by atoms with Gasteiger partial charge >= 0.3 is 0 Å². The number of hydrogen-bond acceptors (Lipinski definition) is 1. The third-order valence-corrected chi connectivity index (χ3v) is 3.91. The molecule has 0 amide bonds. The zero-order valence-electron chi connectivity index (χ0n) is 13.3. The summed E-state index contributed by atoms with van der Waals surface area (Å²) in [5.41, 5.74) is 5.09. The van der Waals surface area contributed by atoms with Crippen molar-refractivity contribution in [2.45, 2.75) is 46.1 Å². The van der Waals surface area contributed by atoms with Crippen LogP contribution in [0, 0.1) is 5.92 Å². The fourth-order valence-electron chi connectivity index (χ4n) is 2.75. The molecule has 0 aromatic heterocycles. The van der Waals surface area contributed by atoms with Gasteiger partial charge in [0.05, 0.1) is 6.61 Å². The first-order valence-electron chi connectivity index (χ1n) is 7.86. The van der Waals surface area contributed by atoms with E-state index in [4.69, 9.17) is 0 Å². The van der Waals surface area contributed by atoms with E-state index in [0.29, 0.717) is 11.8 Å². The van der Waals surface area contributed by atoms with Crippen molar-refractivity contribution >= 4 is 0 Å². The van der Waals surface area contributed by atoms with Crippen molar-refractivity contribution < 1.29 is 5.11 Å². The molecule has 2 aromatic rings. The third-order valence-electron chi connectivity index (χ3n) is 3.91. The fraction of sp³-hybridized carbons (Fsp3) is 0.400. The van der Waals surface area contributed by atoms with Gasteiger partial charge in [-0.05, 0) is 46.9 Å². The van der Waals surface area contributed by atoms with Gasteiger partial charge in [-0.15, -0.1) is 0 Å². The molecule has 0 fully saturated rings. The number of aliphatic hydroxyl groups excluding tert-OH is 1. The summed E-state index contributed by atoms with van der Waals surface area (Å²) in [4.78, 5) is 0. The lowest BCUT2D eigenvalue weighted by atomic mass is 9.92. The maximum Gasteiger partial charge on any atom is 0.0681 e. The molecule has 0 saturated heterocycles. The van der Waals surface area contributed by atoms with Gasteiger partial charge in [-0.2, -0.15) is 0 Å². The molecule has 2 aromatic carbocycles. The molecular weight excluding hydrogens is 256 g/mol. The summed E-state index contributed by atoms with van der Waals surface area (Å²) < 4.78 is 0. The Balaban J connectivity index is 2.03. The SMILES string of the molecule is CC(C)Cc1ccc(CC(C)c2cccc(CO)c2)cc1. The van der Waals surface area contributed by atoms with Crippen molar-refractivity contribution in [1.82, 2.24) is 0 Å². The van der Waals surface area contributed by atoms with E-state index in [1.165, 1.54) is 16.7 Å². The lowest BCUT2D eigenvalue weighted by molar-refractivity contribution is 0.281. The van der Waals surface area contributed by atoms with Crippen LogP contribution in [-0.4, -0.2) is 5.11 Å². The van der Waals surface area contributed by atoms with Gasteiger partial charge in [0.2, 0.25) is 0 Å². The van der Waals surface area contributed by atoms with Crippen LogP contribution in [0.25, 0.3) is 0 Å². The van der Waals surface area contributed by atoms with Crippen LogP contribution < -0.4 is 0 Å². The maximum atomic E-state index is 9.24. The van der Waals surface area contributed by atoms with Crippen molar-refractivity contribution in [2.24, 2.45) is 5.92 Å². The summed E-state index contributed by atoms with van der Waals surface area (Å²) in [5, 5.41) is 9.24. The number of hydrogen-bond donors (Lipinski definition) is 1. The zero-order chi connectivity index (χ0) is 15.2. The molecule has 1 unspecified atom stereocenters. The van der Waals surface area contributed by atoms with Gasteiger partial charge in [-0.3, -0.25) is 0 Å². The predicted molar refractivity (Wildman–Crippen MR) is 89.5 cm³/mol. The highest BCUT2D eigenvalue weighted by molar-refractivity contribution is 5.29. The van der Waals surface area contributed by atoms with Crippen molar-refractivity contribution in [3.05, 3.63) is 70.8 Å². The van der Waals surface area contributed by atoms with E-state index in [1.807, 2.05) is 12.1 Å². The second-order valence-electron chi connectivity index (χ2n) is 6.42. The van der Waals surface area contributed by atoms with E-state index >= 15 is 0 Å². The first-order chi connectivity index (χ1) is 10.1. The molecule has 112 valence electrons. The molecule has 0 heterocycles. The molecule has 0 aliphatic heterocycles. The van der Waals surface area contributed by atoms with E-state index in [0.717, 1.165) is 18.4 Å². The minimum atomic E-state index is 0.116. The van der Waals surface area contributed by atoms with Crippen LogP contribution in [0.4, 0.5) is 0 Å². The normalized spacial score (nSPS) is 12.6. The molecule has 21 heavy (non-hydrogen) atoms. The maximum absolute atomic E-state index is 9.24. The lowest BCUT2D eigenvalue weighted by Gasteiger charge is -2.14. The standard InChI is InChI=1S/C20H26O/c1-15(2)11-17-7-9-18(10-8-17)12-16(3)20-6-4-5-19(13-20)14-21/h4-10,13,15-16,21H,11-12,14H2,1-3H3. The van der Waals surface area contributed by atoms with Crippen LogP contribution in [0.1, 0.15) is 48.9 Å². The number of rotatable bonds is 6. The molecule has 2 rings (SSSR count).